The summed E-state index contributed by atoms with van der Waals surface area (Å²) >= 11 is 0. The van der Waals surface area contributed by atoms with Gasteiger partial charge in [-0.25, -0.2) is 0 Å². The quantitative estimate of drug-likeness (QED) is 0.0301. The van der Waals surface area contributed by atoms with E-state index in [1.807, 2.05) is 26.0 Å². The van der Waals surface area contributed by atoms with Crippen LogP contribution in [0.5, 0.6) is 0 Å². The summed E-state index contributed by atoms with van der Waals surface area (Å²) in [4.78, 5) is 128. The summed E-state index contributed by atoms with van der Waals surface area (Å²) in [6.07, 6.45) is -22.3. The maximum absolute atomic E-state index is 14.0. The van der Waals surface area contributed by atoms with Gasteiger partial charge >= 0.3 is 59.7 Å². The van der Waals surface area contributed by atoms with Crippen LogP contribution in [0.2, 0.25) is 0 Å². The number of allylic oxidation sites excluding steroid dienone is 15. The number of rotatable bonds is 33. The van der Waals surface area contributed by atoms with Gasteiger partial charge in [-0.15, -0.1) is 0 Å². The van der Waals surface area contributed by atoms with Crippen molar-refractivity contribution in [3.63, 3.8) is 0 Å². The molecule has 5 heterocycles. The molecule has 10 aliphatic carbocycles. The summed E-state index contributed by atoms with van der Waals surface area (Å²) in [6, 6.07) is -2.84. The number of esters is 10. The number of hydrogen-bond donors (Lipinski definition) is 5. The van der Waals surface area contributed by atoms with Crippen LogP contribution in [-0.4, -0.2) is 181 Å². The summed E-state index contributed by atoms with van der Waals surface area (Å²) < 4.78 is 541. The Kier molecular flexibility index (Phi) is 22.4. The first-order chi connectivity index (χ1) is 94.8. The average Bonchev–Trinajstić information content (AvgIpc) is 0.690. The van der Waals surface area contributed by atoms with Gasteiger partial charge < -0.3 is 72.9 Å². The fourth-order valence-electron chi connectivity index (χ4n) is 21.9. The molecule has 0 radical (unpaired) electrons. The predicted octanol–water partition coefficient (Wildman–Crippen LogP) is 22.9. The number of fused-ring (bicyclic) bond motifs is 5. The molecule has 25 nitrogen and oxygen atoms in total. The molecule has 37 atom stereocenters. The van der Waals surface area contributed by atoms with Gasteiger partial charge in [-0.2, -0.15) is 0 Å². The highest BCUT2D eigenvalue weighted by Gasteiger charge is 2.52. The van der Waals surface area contributed by atoms with Gasteiger partial charge in [0, 0.05) is 132 Å². The van der Waals surface area contributed by atoms with Crippen molar-refractivity contribution in [2.75, 3.05) is 0 Å². The molecule has 0 bridgehead atoms. The molecule has 0 aromatic heterocycles. The number of aliphatic hydroxyl groups is 5. The van der Waals surface area contributed by atoms with Crippen molar-refractivity contribution in [2.24, 2.45) is 145 Å². The Morgan fingerprint density at radius 3 is 0.980 bits per heavy atom. The van der Waals surface area contributed by atoms with Gasteiger partial charge in [-0.1, -0.05) is 194 Å². The van der Waals surface area contributed by atoms with E-state index < -0.39 is 436 Å². The smallest absolute Gasteiger partial charge is 0.311 e. The fourth-order valence-corrected chi connectivity index (χ4v) is 21.9. The average molecular weight is 2150 g/mol. The molecule has 15 rings (SSSR count). The molecule has 25 heteroatoms. The van der Waals surface area contributed by atoms with Crippen molar-refractivity contribution in [1.82, 2.24) is 0 Å². The van der Waals surface area contributed by atoms with Crippen molar-refractivity contribution < 1.29 is 199 Å². The Morgan fingerprint density at radius 2 is 0.667 bits per heavy atom. The molecule has 840 valence electrons. The predicted molar refractivity (Wildman–Crippen MR) is 577 cm³/mol. The zero-order valence-electron chi connectivity index (χ0n) is 148. The molecule has 5 saturated heterocycles. The molecule has 0 spiro atoms. The number of cyclic esters (lactones) is 5. The summed E-state index contributed by atoms with van der Waals surface area (Å²) in [5.74, 6) is -31.9. The second-order valence-electron chi connectivity index (χ2n) is 43.3. The van der Waals surface area contributed by atoms with Crippen LogP contribution in [0, 0.1) is 145 Å². The van der Waals surface area contributed by atoms with Crippen LogP contribution >= 0.6 is 0 Å². The highest BCUT2D eigenvalue weighted by Crippen LogP contribution is 2.54. The Balaban J connectivity index is 0.000000241. The second kappa shape index (κ2) is 53.6. The second-order valence-corrected chi connectivity index (χ2v) is 43.3. The first-order valence-corrected chi connectivity index (χ1v) is 52.1. The normalized spacial score (nSPS) is 48.2. The first-order valence-electron chi connectivity index (χ1n) is 81.8. The SMILES string of the molecule is [2H]C1=C([2H])[C@]([2H])(C)[C@H](CCC2C[C@@H](O)CC(=O)O2)[C@@H]2C1=C([2H])[C@]([2H])(C)C([2H])([2H])C2OC(=O)C(C)(C)CC.[2H]C1=C([2H])[C@]([2H])(C)[C@H](CCC2C[C@@H](O)CC(=O)O2)[C@@H]2C1=C([2H])[C@]([2H])(C)C([2H])([2H])C2OC(=O)C(C)(CC)C([2H])([2H])[2H].[2H]O[C@@H]1CC(CC[C@@H]2[C@@H]3C(=C[C@H](C([2H])([2H])[2H])C[C@@H]3OC(=O)C(C([2H])([2H])[2H])(C([2H])([2H])[2H])C([2H])([2H])C([2H])([2H])[2H])C=C[C@@H]2C)OC(=O)C1([2H])[2H].[2H]O[C@@H]1CC(CC[C@@H]2[C@@H]3C(=C[C@H](C([2H])([2H])[2H])C[C@@H]3OC(=O)C(C)(C([2H])([2H])[2H])C([2H])([2H])C([2H])([2H])[2H])C=C[C@@H]2C)OC(=O)C1([2H])[2H].[2H]O[C@@H]1CC(CC[C@@H]2[C@@H]3C(=C[C@H](C([2H])([2H])[2H])C[C@@H]3OC(=O)C(CC)(C([2H])([2H])[2H])C([2H])([2H])[2H])C=C[C@@H]2C)OC(=O)C1([2H])[2H]. The Morgan fingerprint density at radius 1 is 0.380 bits per heavy atom. The minimum Gasteiger partial charge on any atom is -0.462 e. The molecule has 5 N–H and O–H groups in total. The molecule has 5 fully saturated rings. The number of aliphatic hydroxyl groups excluding tert-OH is 5. The molecule has 5 aliphatic heterocycles. The minimum atomic E-state index is -4.21. The van der Waals surface area contributed by atoms with E-state index >= 15 is 0 Å². The van der Waals surface area contributed by atoms with Crippen LogP contribution in [0.3, 0.4) is 0 Å². The van der Waals surface area contributed by atoms with Crippen LogP contribution in [0.25, 0.3) is 0 Å². The minimum absolute atomic E-state index is 0.00490. The van der Waals surface area contributed by atoms with Crippen molar-refractivity contribution >= 4 is 59.7 Å². The lowest BCUT2D eigenvalue weighted by atomic mass is 9.65. The van der Waals surface area contributed by atoms with E-state index in [1.54, 1.807) is 64.2 Å². The highest BCUT2D eigenvalue weighted by molar-refractivity contribution is 5.79. The zero-order chi connectivity index (χ0) is 161. The largest absolute Gasteiger partial charge is 0.462 e. The van der Waals surface area contributed by atoms with Gasteiger partial charge in [-0.3, -0.25) is 47.9 Å². The molecule has 150 heavy (non-hydrogen) atoms. The molecule has 0 amide bonds. The van der Waals surface area contributed by atoms with Gasteiger partial charge in [0.2, 0.25) is 4.29 Å². The molecule has 0 saturated carbocycles. The Bertz CT molecular complexity index is 7600. The summed E-state index contributed by atoms with van der Waals surface area (Å²) in [5.41, 5.74) is -12.0. The third-order valence-corrected chi connectivity index (χ3v) is 31.1. The topological polar surface area (TPSA) is 364 Å². The van der Waals surface area contributed by atoms with E-state index in [9.17, 15) is 58.2 Å². The van der Waals surface area contributed by atoms with E-state index in [0.29, 0.717) is 36.5 Å². The Hall–Kier alpha value is -8.10. The lowest BCUT2D eigenvalue weighted by Crippen LogP contribution is -2.43. The van der Waals surface area contributed by atoms with Gasteiger partial charge in [0.25, 0.3) is 0 Å². The Labute approximate surface area is 981 Å². The zero-order valence-corrected chi connectivity index (χ0v) is 87.6. The lowest BCUT2D eigenvalue weighted by molar-refractivity contribution is -0.166. The molecule has 0 aromatic rings. The number of hydrogen-bond acceptors (Lipinski definition) is 25. The van der Waals surface area contributed by atoms with Crippen molar-refractivity contribution in [2.45, 2.75) is 456 Å². The van der Waals surface area contributed by atoms with Crippen LogP contribution in [0.4, 0.5) is 0 Å². The van der Waals surface area contributed by atoms with Crippen molar-refractivity contribution in [3.8, 4) is 0 Å². The van der Waals surface area contributed by atoms with Gasteiger partial charge in [0.05, 0.1) is 97.8 Å². The van der Waals surface area contributed by atoms with E-state index in [1.165, 1.54) is 47.6 Å². The lowest BCUT2D eigenvalue weighted by Gasteiger charge is -2.44. The van der Waals surface area contributed by atoms with E-state index in [2.05, 4.69) is 15.3 Å². The van der Waals surface area contributed by atoms with E-state index in [4.69, 9.17) is 130 Å². The third kappa shape index (κ3) is 32.8. The van der Waals surface area contributed by atoms with Gasteiger partial charge in [0.1, 0.15) is 61.0 Å². The molecule has 0 aromatic carbocycles. The summed E-state index contributed by atoms with van der Waals surface area (Å²) in [7, 11) is 0. The summed E-state index contributed by atoms with van der Waals surface area (Å²) in [5, 5.41) is 33.3. The third-order valence-electron chi connectivity index (χ3n) is 31.1. The van der Waals surface area contributed by atoms with Crippen LogP contribution in [0.1, 0.15) is 443 Å². The molecule has 15 aliphatic rings. The maximum Gasteiger partial charge on any atom is 0.311 e. The number of carbonyl (C=O) groups is 10. The van der Waals surface area contributed by atoms with Gasteiger partial charge in [-0.05, 0) is 314 Å². The fraction of sp³-hybridized carbons (Fsp3) is 0.760. The van der Waals surface area contributed by atoms with Crippen molar-refractivity contribution in [1.29, 1.82) is 4.29 Å². The molecular weight excluding hydrogens is 1900 g/mol. The number of carbonyl (C=O) groups excluding carboxylic acids is 10. The van der Waals surface area contributed by atoms with E-state index in [-0.39, 0.29) is 163 Å². The van der Waals surface area contributed by atoms with E-state index in [0.717, 1.165) is 6.92 Å². The monoisotopic (exact) mass is 2150 g/mol. The van der Waals surface area contributed by atoms with Gasteiger partial charge in [0.15, 0.2) is 0 Å². The number of ether oxygens (including phenoxy) is 10. The van der Waals surface area contributed by atoms with Crippen LogP contribution < -0.4 is 0 Å². The highest BCUT2D eigenvalue weighted by atomic mass is 16.6. The van der Waals surface area contributed by atoms with Crippen molar-refractivity contribution in [3.05, 3.63) is 119 Å². The molecule has 9 unspecified atom stereocenters. The van der Waals surface area contributed by atoms with Crippen LogP contribution in [-0.2, 0) is 95.3 Å². The standard InChI is InChI=1S/5C25H38O5/c5*1-6-25(4,5)24(28)30-21-12-15(2)11-17-8-7-16(3)20(23(17)21)10-9-19-13-18(26)14-22(27)29-19/h5*7-8,11,15-16,18-21,23,26H,6,9-10,12-14H2,1-5H3/t2*15-,16-,18+,19?,20-,21?,23-;3*15-,16-,18+,19?,20-,21-,23-/m00000/s1/i4D3,7D,8D,11D,12D2,15D,16D;7D,8D,11D,12D2,15D,16D;1D3,2D3,4D3,5D3,6D2,14D2,26D;1D3,2D3,4D3,6D2,14D2,26D;2D3,4D3,5D3,14D2,26D/t15-,16-,18+,19?,20-,21?,23-,25?;2m;15-,16-,18+,19?,20-,21-,23-,25?;m. The first kappa shape index (κ1) is 62.7. The summed E-state index contributed by atoms with van der Waals surface area (Å²) in [6.45, 7) is -15.6. The maximum atomic E-state index is 14.0. The van der Waals surface area contributed by atoms with Crippen LogP contribution in [0.15, 0.2) is 119 Å². The molecular formula is C125H190O25.